The molecular weight excluding hydrogens is 275 g/mol. The SMILES string of the molecule is CCOc1ccc2nc(-c3cccc(F)c3N)sc2c1. The summed E-state index contributed by atoms with van der Waals surface area (Å²) in [4.78, 5) is 4.50. The van der Waals surface area contributed by atoms with Crippen LogP contribution in [-0.4, -0.2) is 11.6 Å². The Kier molecular flexibility index (Phi) is 3.28. The third-order valence-electron chi connectivity index (χ3n) is 2.95. The van der Waals surface area contributed by atoms with Crippen molar-refractivity contribution in [2.24, 2.45) is 0 Å². The van der Waals surface area contributed by atoms with Gasteiger partial charge in [-0.25, -0.2) is 9.37 Å². The zero-order valence-corrected chi connectivity index (χ0v) is 11.7. The summed E-state index contributed by atoms with van der Waals surface area (Å²) in [6, 6.07) is 10.5. The van der Waals surface area contributed by atoms with Gasteiger partial charge in [0.15, 0.2) is 0 Å². The Balaban J connectivity index is 2.10. The Hall–Kier alpha value is -2.14. The van der Waals surface area contributed by atoms with Gasteiger partial charge in [-0.2, -0.15) is 0 Å². The summed E-state index contributed by atoms with van der Waals surface area (Å²) in [6.07, 6.45) is 0. The van der Waals surface area contributed by atoms with Crippen molar-refractivity contribution >= 4 is 27.2 Å². The summed E-state index contributed by atoms with van der Waals surface area (Å²) in [6.45, 7) is 2.56. The highest BCUT2D eigenvalue weighted by Crippen LogP contribution is 2.35. The number of hydrogen-bond donors (Lipinski definition) is 1. The molecule has 0 aliphatic heterocycles. The van der Waals surface area contributed by atoms with Crippen molar-refractivity contribution in [3.63, 3.8) is 0 Å². The maximum absolute atomic E-state index is 13.5. The van der Waals surface area contributed by atoms with Crippen molar-refractivity contribution in [2.45, 2.75) is 6.92 Å². The molecule has 1 aromatic heterocycles. The second-order valence-corrected chi connectivity index (χ2v) is 5.31. The second-order valence-electron chi connectivity index (χ2n) is 4.28. The minimum Gasteiger partial charge on any atom is -0.494 e. The van der Waals surface area contributed by atoms with Crippen LogP contribution in [0.3, 0.4) is 0 Å². The third kappa shape index (κ3) is 2.20. The van der Waals surface area contributed by atoms with Crippen LogP contribution in [0.5, 0.6) is 5.75 Å². The van der Waals surface area contributed by atoms with Crippen LogP contribution in [0.1, 0.15) is 6.92 Å². The van der Waals surface area contributed by atoms with Gasteiger partial charge in [0.25, 0.3) is 0 Å². The number of anilines is 1. The minimum absolute atomic E-state index is 0.136. The lowest BCUT2D eigenvalue weighted by molar-refractivity contribution is 0.341. The molecule has 2 aromatic carbocycles. The van der Waals surface area contributed by atoms with Crippen LogP contribution >= 0.6 is 11.3 Å². The number of aromatic nitrogens is 1. The minimum atomic E-state index is -0.420. The Morgan fingerprint density at radius 2 is 2.15 bits per heavy atom. The van der Waals surface area contributed by atoms with Gasteiger partial charge < -0.3 is 10.5 Å². The number of hydrogen-bond acceptors (Lipinski definition) is 4. The Bertz CT molecular complexity index is 770. The molecule has 0 atom stereocenters. The number of nitrogens with two attached hydrogens (primary N) is 1. The maximum Gasteiger partial charge on any atom is 0.146 e. The molecule has 0 spiro atoms. The first-order valence-electron chi connectivity index (χ1n) is 6.27. The van der Waals surface area contributed by atoms with E-state index in [0.29, 0.717) is 17.2 Å². The average Bonchev–Trinajstić information content (AvgIpc) is 2.85. The zero-order chi connectivity index (χ0) is 14.1. The maximum atomic E-state index is 13.5. The Labute approximate surface area is 119 Å². The van der Waals surface area contributed by atoms with E-state index in [1.54, 1.807) is 12.1 Å². The summed E-state index contributed by atoms with van der Waals surface area (Å²) < 4.78 is 20.0. The fourth-order valence-electron chi connectivity index (χ4n) is 2.00. The van der Waals surface area contributed by atoms with Gasteiger partial charge >= 0.3 is 0 Å². The number of nitrogens with zero attached hydrogens (tertiary/aromatic N) is 1. The fourth-order valence-corrected chi connectivity index (χ4v) is 3.03. The molecule has 0 fully saturated rings. The van der Waals surface area contributed by atoms with E-state index < -0.39 is 5.82 Å². The number of para-hydroxylation sites is 1. The first kappa shape index (κ1) is 12.9. The van der Waals surface area contributed by atoms with E-state index in [1.807, 2.05) is 25.1 Å². The summed E-state index contributed by atoms with van der Waals surface area (Å²) in [5.74, 6) is 0.388. The largest absolute Gasteiger partial charge is 0.494 e. The number of ether oxygens (including phenoxy) is 1. The molecular formula is C15H13FN2OS. The van der Waals surface area contributed by atoms with Gasteiger partial charge in [-0.15, -0.1) is 11.3 Å². The van der Waals surface area contributed by atoms with Crippen LogP contribution in [-0.2, 0) is 0 Å². The van der Waals surface area contributed by atoms with E-state index in [9.17, 15) is 4.39 Å². The fraction of sp³-hybridized carbons (Fsp3) is 0.133. The molecule has 102 valence electrons. The van der Waals surface area contributed by atoms with Crippen molar-refractivity contribution in [2.75, 3.05) is 12.3 Å². The lowest BCUT2D eigenvalue weighted by atomic mass is 10.2. The summed E-state index contributed by atoms with van der Waals surface area (Å²) >= 11 is 1.48. The molecule has 0 radical (unpaired) electrons. The average molecular weight is 288 g/mol. The van der Waals surface area contributed by atoms with Crippen molar-refractivity contribution in [1.82, 2.24) is 4.98 Å². The number of fused-ring (bicyclic) bond motifs is 1. The smallest absolute Gasteiger partial charge is 0.146 e. The predicted octanol–water partition coefficient (Wildman–Crippen LogP) is 4.08. The summed E-state index contributed by atoms with van der Waals surface area (Å²) in [5, 5.41) is 0.714. The molecule has 0 amide bonds. The first-order valence-corrected chi connectivity index (χ1v) is 7.08. The number of nitrogen functional groups attached to an aromatic ring is 1. The molecule has 1 heterocycles. The van der Waals surface area contributed by atoms with Gasteiger partial charge in [0.05, 0.1) is 22.5 Å². The number of halogens is 1. The third-order valence-corrected chi connectivity index (χ3v) is 4.01. The summed E-state index contributed by atoms with van der Waals surface area (Å²) in [7, 11) is 0. The van der Waals surface area contributed by atoms with Gasteiger partial charge in [-0.3, -0.25) is 0 Å². The van der Waals surface area contributed by atoms with Gasteiger partial charge in [-0.1, -0.05) is 6.07 Å². The topological polar surface area (TPSA) is 48.1 Å². The van der Waals surface area contributed by atoms with Crippen LogP contribution in [0.15, 0.2) is 36.4 Å². The number of benzene rings is 2. The van der Waals surface area contributed by atoms with Gasteiger partial charge in [0.2, 0.25) is 0 Å². The van der Waals surface area contributed by atoms with Gasteiger partial charge in [0, 0.05) is 5.56 Å². The Morgan fingerprint density at radius 1 is 1.30 bits per heavy atom. The normalized spacial score (nSPS) is 10.9. The summed E-state index contributed by atoms with van der Waals surface area (Å²) in [5.41, 5.74) is 7.40. The quantitative estimate of drug-likeness (QED) is 0.739. The highest BCUT2D eigenvalue weighted by molar-refractivity contribution is 7.21. The monoisotopic (exact) mass is 288 g/mol. The van der Waals surface area contributed by atoms with Crippen molar-refractivity contribution in [3.8, 4) is 16.3 Å². The van der Waals surface area contributed by atoms with Crippen LogP contribution in [0.4, 0.5) is 10.1 Å². The van der Waals surface area contributed by atoms with E-state index in [1.165, 1.54) is 17.4 Å². The van der Waals surface area contributed by atoms with Crippen molar-refractivity contribution in [1.29, 1.82) is 0 Å². The Morgan fingerprint density at radius 3 is 2.95 bits per heavy atom. The number of thiazole rings is 1. The van der Waals surface area contributed by atoms with E-state index in [4.69, 9.17) is 10.5 Å². The molecule has 0 aliphatic carbocycles. The van der Waals surface area contributed by atoms with Crippen molar-refractivity contribution < 1.29 is 9.13 Å². The van der Waals surface area contributed by atoms with E-state index in [2.05, 4.69) is 4.98 Å². The lowest BCUT2D eigenvalue weighted by Crippen LogP contribution is -1.93. The van der Waals surface area contributed by atoms with Crippen LogP contribution in [0.2, 0.25) is 0 Å². The van der Waals surface area contributed by atoms with E-state index in [0.717, 1.165) is 16.0 Å². The highest BCUT2D eigenvalue weighted by Gasteiger charge is 2.12. The van der Waals surface area contributed by atoms with Crippen LogP contribution < -0.4 is 10.5 Å². The lowest BCUT2D eigenvalue weighted by Gasteiger charge is -2.01. The molecule has 5 heteroatoms. The highest BCUT2D eigenvalue weighted by atomic mass is 32.1. The molecule has 20 heavy (non-hydrogen) atoms. The number of rotatable bonds is 3. The van der Waals surface area contributed by atoms with E-state index in [-0.39, 0.29) is 5.69 Å². The second kappa shape index (κ2) is 5.09. The molecule has 0 saturated carbocycles. The molecule has 3 rings (SSSR count). The van der Waals surface area contributed by atoms with E-state index >= 15 is 0 Å². The molecule has 0 aliphatic rings. The zero-order valence-electron chi connectivity index (χ0n) is 10.9. The molecule has 2 N–H and O–H groups in total. The predicted molar refractivity (Wildman–Crippen MR) is 80.6 cm³/mol. The van der Waals surface area contributed by atoms with Gasteiger partial charge in [0.1, 0.15) is 16.6 Å². The van der Waals surface area contributed by atoms with Crippen LogP contribution in [0.25, 0.3) is 20.8 Å². The molecule has 0 unspecified atom stereocenters. The molecule has 3 aromatic rings. The molecule has 0 saturated heterocycles. The van der Waals surface area contributed by atoms with Gasteiger partial charge in [-0.05, 0) is 37.3 Å². The first-order chi connectivity index (χ1) is 9.69. The molecule has 0 bridgehead atoms. The van der Waals surface area contributed by atoms with Crippen LogP contribution in [0, 0.1) is 5.82 Å². The molecule has 3 nitrogen and oxygen atoms in total. The standard InChI is InChI=1S/C15H13FN2OS/c1-2-19-9-6-7-12-13(8-9)20-15(18-12)10-4-3-5-11(16)14(10)17/h3-8H,2,17H2,1H3. The van der Waals surface area contributed by atoms with Crippen molar-refractivity contribution in [3.05, 3.63) is 42.2 Å².